The van der Waals surface area contributed by atoms with Gasteiger partial charge in [0.25, 0.3) is 0 Å². The summed E-state index contributed by atoms with van der Waals surface area (Å²) < 4.78 is 16.0. The lowest BCUT2D eigenvalue weighted by Gasteiger charge is -2.10. The summed E-state index contributed by atoms with van der Waals surface area (Å²) in [5, 5.41) is 9.66. The van der Waals surface area contributed by atoms with Crippen LogP contribution in [-0.4, -0.2) is 25.5 Å². The quantitative estimate of drug-likeness (QED) is 0.455. The SMILES string of the molecule is CCCCOCOc1cccc2c1B(O)OC2. The minimum absolute atomic E-state index is 0.211. The molecule has 5 heteroatoms. The molecule has 0 atom stereocenters. The number of fused-ring (bicyclic) bond motifs is 1. The topological polar surface area (TPSA) is 47.9 Å². The van der Waals surface area contributed by atoms with Gasteiger partial charge in [0, 0.05) is 5.46 Å². The first-order valence-electron chi connectivity index (χ1n) is 5.95. The number of ether oxygens (including phenoxy) is 2. The number of rotatable bonds is 6. The molecular weight excluding hydrogens is 219 g/mol. The summed E-state index contributed by atoms with van der Waals surface area (Å²) in [4.78, 5) is 0. The van der Waals surface area contributed by atoms with Gasteiger partial charge in [0.1, 0.15) is 5.75 Å². The highest BCUT2D eigenvalue weighted by atomic mass is 16.7. The predicted molar refractivity (Wildman–Crippen MR) is 65.2 cm³/mol. The monoisotopic (exact) mass is 236 g/mol. The highest BCUT2D eigenvalue weighted by molar-refractivity contribution is 6.62. The fourth-order valence-electron chi connectivity index (χ4n) is 1.78. The van der Waals surface area contributed by atoms with Gasteiger partial charge in [-0.05, 0) is 18.1 Å². The molecular formula is C12H17BO4. The van der Waals surface area contributed by atoms with Crippen LogP contribution in [0.15, 0.2) is 18.2 Å². The highest BCUT2D eigenvalue weighted by Gasteiger charge is 2.30. The first-order chi connectivity index (χ1) is 8.33. The molecule has 0 aromatic heterocycles. The van der Waals surface area contributed by atoms with Crippen molar-refractivity contribution in [2.24, 2.45) is 0 Å². The molecule has 0 radical (unpaired) electrons. The lowest BCUT2D eigenvalue weighted by Crippen LogP contribution is -2.30. The Labute approximate surface area is 102 Å². The van der Waals surface area contributed by atoms with Crippen LogP contribution in [-0.2, 0) is 16.0 Å². The van der Waals surface area contributed by atoms with E-state index < -0.39 is 7.12 Å². The molecule has 4 nitrogen and oxygen atoms in total. The van der Waals surface area contributed by atoms with Crippen molar-refractivity contribution in [1.29, 1.82) is 0 Å². The molecule has 1 N–H and O–H groups in total. The minimum atomic E-state index is -0.878. The zero-order chi connectivity index (χ0) is 12.1. The third-order valence-corrected chi connectivity index (χ3v) is 2.74. The van der Waals surface area contributed by atoms with E-state index in [4.69, 9.17) is 14.1 Å². The zero-order valence-electron chi connectivity index (χ0n) is 10.0. The van der Waals surface area contributed by atoms with E-state index in [1.807, 2.05) is 18.2 Å². The summed E-state index contributed by atoms with van der Waals surface area (Å²) in [5.41, 5.74) is 1.70. The van der Waals surface area contributed by atoms with Crippen LogP contribution in [0.25, 0.3) is 0 Å². The average Bonchev–Trinajstić information content (AvgIpc) is 2.72. The van der Waals surface area contributed by atoms with Gasteiger partial charge in [-0.15, -0.1) is 0 Å². The maximum atomic E-state index is 9.66. The Bertz CT molecular complexity index is 370. The molecule has 1 aliphatic heterocycles. The van der Waals surface area contributed by atoms with Crippen LogP contribution in [0.5, 0.6) is 5.75 Å². The predicted octanol–water partition coefficient (Wildman–Crippen LogP) is 1.06. The van der Waals surface area contributed by atoms with Gasteiger partial charge in [0.15, 0.2) is 6.79 Å². The molecule has 0 unspecified atom stereocenters. The van der Waals surface area contributed by atoms with E-state index in [1.165, 1.54) is 0 Å². The zero-order valence-corrected chi connectivity index (χ0v) is 10.0. The van der Waals surface area contributed by atoms with Gasteiger partial charge in [-0.2, -0.15) is 0 Å². The molecule has 1 aromatic rings. The summed E-state index contributed by atoms with van der Waals surface area (Å²) in [6.45, 7) is 3.46. The summed E-state index contributed by atoms with van der Waals surface area (Å²) in [5.74, 6) is 0.643. The Morgan fingerprint density at radius 1 is 1.47 bits per heavy atom. The average molecular weight is 236 g/mol. The van der Waals surface area contributed by atoms with Crippen LogP contribution < -0.4 is 10.2 Å². The van der Waals surface area contributed by atoms with Crippen LogP contribution in [0.4, 0.5) is 0 Å². The Kier molecular flexibility index (Phi) is 4.42. The van der Waals surface area contributed by atoms with Crippen molar-refractivity contribution in [3.05, 3.63) is 23.8 Å². The normalized spacial score (nSPS) is 13.9. The minimum Gasteiger partial charge on any atom is -0.468 e. The van der Waals surface area contributed by atoms with Gasteiger partial charge < -0.3 is 19.2 Å². The molecule has 0 aliphatic carbocycles. The van der Waals surface area contributed by atoms with E-state index in [-0.39, 0.29) is 6.79 Å². The Balaban J connectivity index is 1.91. The Hall–Kier alpha value is -1.04. The standard InChI is InChI=1S/C12H17BO4/c1-2-3-7-15-9-16-11-6-4-5-10-8-17-13(14)12(10)11/h4-6,14H,2-3,7-9H2,1H3. The van der Waals surface area contributed by atoms with Gasteiger partial charge in [0.2, 0.25) is 0 Å². The van der Waals surface area contributed by atoms with Gasteiger partial charge >= 0.3 is 7.12 Å². The fourth-order valence-corrected chi connectivity index (χ4v) is 1.78. The van der Waals surface area contributed by atoms with Crippen LogP contribution in [0.1, 0.15) is 25.3 Å². The van der Waals surface area contributed by atoms with Crippen LogP contribution in [0.3, 0.4) is 0 Å². The molecule has 0 fully saturated rings. The van der Waals surface area contributed by atoms with Crippen molar-refractivity contribution in [1.82, 2.24) is 0 Å². The second-order valence-corrected chi connectivity index (χ2v) is 4.02. The van der Waals surface area contributed by atoms with Gasteiger partial charge in [0.05, 0.1) is 13.2 Å². The molecule has 0 spiro atoms. The Morgan fingerprint density at radius 2 is 2.35 bits per heavy atom. The molecule has 0 saturated carbocycles. The van der Waals surface area contributed by atoms with Crippen molar-refractivity contribution >= 4 is 12.6 Å². The molecule has 0 amide bonds. The Morgan fingerprint density at radius 3 is 3.18 bits per heavy atom. The number of hydrogen-bond acceptors (Lipinski definition) is 4. The molecule has 92 valence electrons. The van der Waals surface area contributed by atoms with E-state index in [1.54, 1.807) is 0 Å². The van der Waals surface area contributed by atoms with E-state index >= 15 is 0 Å². The van der Waals surface area contributed by atoms with Crippen LogP contribution >= 0.6 is 0 Å². The molecule has 17 heavy (non-hydrogen) atoms. The number of benzene rings is 1. The first-order valence-corrected chi connectivity index (χ1v) is 5.95. The molecule has 0 saturated heterocycles. The van der Waals surface area contributed by atoms with E-state index in [2.05, 4.69) is 6.92 Å². The largest absolute Gasteiger partial charge is 0.495 e. The maximum Gasteiger partial charge on any atom is 0.495 e. The number of hydrogen-bond donors (Lipinski definition) is 1. The van der Waals surface area contributed by atoms with Crippen molar-refractivity contribution < 1.29 is 19.2 Å². The maximum absolute atomic E-state index is 9.66. The van der Waals surface area contributed by atoms with Crippen molar-refractivity contribution in [3.8, 4) is 5.75 Å². The first kappa shape index (κ1) is 12.4. The lowest BCUT2D eigenvalue weighted by atomic mass is 9.79. The summed E-state index contributed by atoms with van der Waals surface area (Å²) in [7, 11) is -0.878. The van der Waals surface area contributed by atoms with Gasteiger partial charge in [-0.25, -0.2) is 0 Å². The second-order valence-electron chi connectivity index (χ2n) is 4.02. The van der Waals surface area contributed by atoms with Gasteiger partial charge in [-0.1, -0.05) is 25.5 Å². The van der Waals surface area contributed by atoms with Crippen molar-refractivity contribution in [2.75, 3.05) is 13.4 Å². The van der Waals surface area contributed by atoms with E-state index in [0.717, 1.165) is 23.9 Å². The van der Waals surface area contributed by atoms with E-state index in [0.29, 0.717) is 19.0 Å². The number of unbranched alkanes of at least 4 members (excludes halogenated alkanes) is 1. The summed E-state index contributed by atoms with van der Waals surface area (Å²) >= 11 is 0. The molecule has 1 heterocycles. The van der Waals surface area contributed by atoms with Crippen LogP contribution in [0, 0.1) is 0 Å². The van der Waals surface area contributed by atoms with E-state index in [9.17, 15) is 5.02 Å². The lowest BCUT2D eigenvalue weighted by molar-refractivity contribution is 0.0146. The summed E-state index contributed by atoms with van der Waals surface area (Å²) in [6.07, 6.45) is 2.13. The second kappa shape index (κ2) is 6.05. The molecule has 2 rings (SSSR count). The third-order valence-electron chi connectivity index (χ3n) is 2.74. The van der Waals surface area contributed by atoms with Crippen LogP contribution in [0.2, 0.25) is 0 Å². The third kappa shape index (κ3) is 3.00. The fraction of sp³-hybridized carbons (Fsp3) is 0.500. The smallest absolute Gasteiger partial charge is 0.468 e. The van der Waals surface area contributed by atoms with Gasteiger partial charge in [-0.3, -0.25) is 0 Å². The molecule has 1 aliphatic rings. The molecule has 0 bridgehead atoms. The highest BCUT2D eigenvalue weighted by Crippen LogP contribution is 2.18. The van der Waals surface area contributed by atoms with Crippen molar-refractivity contribution in [2.45, 2.75) is 26.4 Å². The molecule has 1 aromatic carbocycles. The summed E-state index contributed by atoms with van der Waals surface area (Å²) in [6, 6.07) is 5.64. The van der Waals surface area contributed by atoms with Crippen molar-refractivity contribution in [3.63, 3.8) is 0 Å².